The van der Waals surface area contributed by atoms with Gasteiger partial charge in [0.25, 0.3) is 0 Å². The molecule has 12 aromatic rings. The minimum absolute atomic E-state index is 0.896. The Morgan fingerprint density at radius 2 is 0.759 bits per heavy atom. The van der Waals surface area contributed by atoms with Crippen LogP contribution < -0.4 is 20.7 Å². The van der Waals surface area contributed by atoms with Gasteiger partial charge in [0.15, 0.2) is 8.07 Å². The molecule has 3 heterocycles. The van der Waals surface area contributed by atoms with Gasteiger partial charge in [-0.25, -0.2) is 0 Å². The van der Waals surface area contributed by atoms with Crippen LogP contribution in [0.4, 0.5) is 0 Å². The zero-order chi connectivity index (χ0) is 38.2. The first-order valence-electron chi connectivity index (χ1n) is 19.9. The first kappa shape index (κ1) is 32.8. The topological polar surface area (TPSA) is 23.0 Å². The minimum atomic E-state index is -2.99. The number of hydrogen-bond acceptors (Lipinski definition) is 1. The van der Waals surface area contributed by atoms with E-state index in [9.17, 15) is 0 Å². The fraction of sp³-hybridized carbons (Fsp3) is 0. The molecule has 0 bridgehead atoms. The fourth-order valence-electron chi connectivity index (χ4n) is 9.87. The number of nitrogens with zero attached hydrogens (tertiary/aromatic N) is 2. The lowest BCUT2D eigenvalue weighted by atomic mass is 10.1. The molecule has 0 saturated carbocycles. The van der Waals surface area contributed by atoms with E-state index in [2.05, 4.69) is 228 Å². The molecular weight excluding hydrogens is 721 g/mol. The van der Waals surface area contributed by atoms with Crippen LogP contribution in [0.1, 0.15) is 0 Å². The zero-order valence-corrected chi connectivity index (χ0v) is 32.6. The van der Waals surface area contributed by atoms with Crippen molar-refractivity contribution >= 4 is 94.4 Å². The molecule has 0 fully saturated rings. The molecule has 0 amide bonds. The molecule has 0 aliphatic rings. The lowest BCUT2D eigenvalue weighted by molar-refractivity contribution is 0.669. The SMILES string of the molecule is c1ccc([Si](c2ccccc2)(c2cccc(-n3c4ccccc4c4ccccc43)c2)c2cccc(-n3c4ccccc4c4ccc5oc6ccccc6c5c43)c2)cc1. The molecule has 4 heteroatoms. The Morgan fingerprint density at radius 3 is 1.34 bits per heavy atom. The van der Waals surface area contributed by atoms with Crippen LogP contribution in [0, 0.1) is 0 Å². The molecule has 0 aliphatic heterocycles. The maximum Gasteiger partial charge on any atom is 0.179 e. The maximum absolute atomic E-state index is 6.49. The molecule has 0 spiro atoms. The second-order valence-corrected chi connectivity index (χ2v) is 19.0. The molecule has 0 unspecified atom stereocenters. The van der Waals surface area contributed by atoms with Gasteiger partial charge in [0.05, 0.1) is 27.5 Å². The number of furan rings is 1. The summed E-state index contributed by atoms with van der Waals surface area (Å²) >= 11 is 0. The molecule has 272 valence electrons. The summed E-state index contributed by atoms with van der Waals surface area (Å²) in [6, 6.07) is 80.4. The third-order valence-corrected chi connectivity index (χ3v) is 17.0. The van der Waals surface area contributed by atoms with Crippen LogP contribution in [0.3, 0.4) is 0 Å². The van der Waals surface area contributed by atoms with Crippen molar-refractivity contribution in [3.8, 4) is 11.4 Å². The van der Waals surface area contributed by atoms with Gasteiger partial charge in [-0.1, -0.05) is 158 Å². The van der Waals surface area contributed by atoms with E-state index in [1.165, 1.54) is 64.4 Å². The van der Waals surface area contributed by atoms with Crippen molar-refractivity contribution in [3.63, 3.8) is 0 Å². The molecule has 0 N–H and O–H groups in total. The third kappa shape index (κ3) is 4.67. The summed E-state index contributed by atoms with van der Waals surface area (Å²) in [5.74, 6) is 0. The Morgan fingerprint density at radius 1 is 0.310 bits per heavy atom. The van der Waals surface area contributed by atoms with Gasteiger partial charge in [-0.15, -0.1) is 0 Å². The van der Waals surface area contributed by atoms with Gasteiger partial charge in [-0.05, 0) is 81.4 Å². The van der Waals surface area contributed by atoms with Crippen molar-refractivity contribution in [1.29, 1.82) is 0 Å². The number of rotatable bonds is 6. The first-order valence-corrected chi connectivity index (χ1v) is 21.9. The van der Waals surface area contributed by atoms with Gasteiger partial charge in [0.2, 0.25) is 0 Å². The Hall–Kier alpha value is -7.40. The summed E-state index contributed by atoms with van der Waals surface area (Å²) in [5, 5.41) is 12.5. The summed E-state index contributed by atoms with van der Waals surface area (Å²) in [5.41, 5.74) is 8.84. The molecule has 9 aromatic carbocycles. The van der Waals surface area contributed by atoms with E-state index in [0.29, 0.717) is 0 Å². The van der Waals surface area contributed by atoms with Crippen LogP contribution in [-0.2, 0) is 0 Å². The van der Waals surface area contributed by atoms with Crippen molar-refractivity contribution in [2.75, 3.05) is 0 Å². The van der Waals surface area contributed by atoms with E-state index >= 15 is 0 Å². The van der Waals surface area contributed by atoms with Gasteiger partial charge in [-0.3, -0.25) is 0 Å². The van der Waals surface area contributed by atoms with Crippen LogP contribution in [0.2, 0.25) is 0 Å². The molecule has 0 radical (unpaired) electrons. The standard InChI is InChI=1S/C54H36N2OSi/c1-3-19-39(20-4-1)58(40-21-5-2-6-22-40,41-23-15-17-37(35-41)55-48-29-11-7-25-43(48)44-26-8-12-30-49(44)55)42-24-16-18-38(36-42)56-50-31-13-9-27-45(50)46-33-34-52-53(54(46)56)47-28-10-14-32-51(47)57-52/h1-36H. The lowest BCUT2D eigenvalue weighted by Gasteiger charge is -2.35. The Kier molecular flexibility index (Phi) is 7.25. The van der Waals surface area contributed by atoms with Crippen molar-refractivity contribution in [2.24, 2.45) is 0 Å². The van der Waals surface area contributed by atoms with Crippen LogP contribution in [0.15, 0.2) is 223 Å². The minimum Gasteiger partial charge on any atom is -0.456 e. The summed E-state index contributed by atoms with van der Waals surface area (Å²) < 4.78 is 11.4. The average molecular weight is 757 g/mol. The summed E-state index contributed by atoms with van der Waals surface area (Å²) in [4.78, 5) is 0. The Balaban J connectivity index is 1.18. The van der Waals surface area contributed by atoms with E-state index in [1.54, 1.807) is 0 Å². The molecular formula is C54H36N2OSi. The van der Waals surface area contributed by atoms with E-state index in [4.69, 9.17) is 4.42 Å². The maximum atomic E-state index is 6.49. The largest absolute Gasteiger partial charge is 0.456 e. The predicted octanol–water partition coefficient (Wildman–Crippen LogP) is 11.2. The van der Waals surface area contributed by atoms with Gasteiger partial charge in [-0.2, -0.15) is 0 Å². The molecule has 58 heavy (non-hydrogen) atoms. The lowest BCUT2D eigenvalue weighted by Crippen LogP contribution is -2.74. The van der Waals surface area contributed by atoms with Crippen LogP contribution in [-0.4, -0.2) is 17.2 Å². The summed E-state index contributed by atoms with van der Waals surface area (Å²) in [6.07, 6.45) is 0. The van der Waals surface area contributed by atoms with Crippen molar-refractivity contribution in [2.45, 2.75) is 0 Å². The summed E-state index contributed by atoms with van der Waals surface area (Å²) in [6.45, 7) is 0. The molecule has 3 aromatic heterocycles. The van der Waals surface area contributed by atoms with E-state index < -0.39 is 8.07 Å². The second-order valence-electron chi connectivity index (χ2n) is 15.2. The van der Waals surface area contributed by atoms with Crippen LogP contribution in [0.25, 0.3) is 76.9 Å². The van der Waals surface area contributed by atoms with Gasteiger partial charge < -0.3 is 13.6 Å². The number of benzene rings is 9. The van der Waals surface area contributed by atoms with Crippen molar-refractivity contribution in [3.05, 3.63) is 218 Å². The molecule has 12 rings (SSSR count). The van der Waals surface area contributed by atoms with Crippen LogP contribution in [0.5, 0.6) is 0 Å². The highest BCUT2D eigenvalue weighted by Crippen LogP contribution is 2.41. The van der Waals surface area contributed by atoms with E-state index in [1.807, 2.05) is 0 Å². The number of hydrogen-bond donors (Lipinski definition) is 0. The number of fused-ring (bicyclic) bond motifs is 10. The normalized spacial score (nSPS) is 12.1. The van der Waals surface area contributed by atoms with Gasteiger partial charge >= 0.3 is 0 Å². The van der Waals surface area contributed by atoms with E-state index in [-0.39, 0.29) is 0 Å². The second kappa shape index (κ2) is 12.8. The monoisotopic (exact) mass is 756 g/mol. The quantitative estimate of drug-likeness (QED) is 0.122. The smallest absolute Gasteiger partial charge is 0.179 e. The number of aromatic nitrogens is 2. The first-order chi connectivity index (χ1) is 28.8. The van der Waals surface area contributed by atoms with Crippen molar-refractivity contribution < 1.29 is 4.42 Å². The highest BCUT2D eigenvalue weighted by Gasteiger charge is 2.42. The Labute approximate surface area is 336 Å². The summed E-state index contributed by atoms with van der Waals surface area (Å²) in [7, 11) is -2.99. The van der Waals surface area contributed by atoms with Gasteiger partial charge in [0.1, 0.15) is 11.2 Å². The molecule has 0 saturated heterocycles. The Bertz CT molecular complexity index is 3430. The highest BCUT2D eigenvalue weighted by atomic mass is 28.3. The number of para-hydroxylation sites is 4. The predicted molar refractivity (Wildman–Crippen MR) is 246 cm³/mol. The zero-order valence-electron chi connectivity index (χ0n) is 31.6. The van der Waals surface area contributed by atoms with Gasteiger partial charge in [0, 0.05) is 38.3 Å². The highest BCUT2D eigenvalue weighted by molar-refractivity contribution is 7.20. The average Bonchev–Trinajstić information content (AvgIpc) is 3.95. The third-order valence-electron chi connectivity index (χ3n) is 12.2. The fourth-order valence-corrected chi connectivity index (χ4v) is 14.7. The van der Waals surface area contributed by atoms with E-state index in [0.717, 1.165) is 33.3 Å². The molecule has 0 atom stereocenters. The van der Waals surface area contributed by atoms with Crippen molar-refractivity contribution in [1.82, 2.24) is 9.13 Å². The molecule has 3 nitrogen and oxygen atoms in total. The molecule has 0 aliphatic carbocycles. The van der Waals surface area contributed by atoms with Crippen LogP contribution >= 0.6 is 0 Å².